The van der Waals surface area contributed by atoms with E-state index in [1.807, 2.05) is 19.9 Å². The molecule has 1 aromatic carbocycles. The van der Waals surface area contributed by atoms with Gasteiger partial charge in [-0.2, -0.15) is 0 Å². The number of halogens is 1. The number of aryl methyl sites for hydroxylation is 1. The van der Waals surface area contributed by atoms with E-state index in [9.17, 15) is 9.59 Å². The van der Waals surface area contributed by atoms with Crippen LogP contribution in [0.15, 0.2) is 18.2 Å². The van der Waals surface area contributed by atoms with Gasteiger partial charge in [0.05, 0.1) is 6.42 Å². The molecule has 4 nitrogen and oxygen atoms in total. The summed E-state index contributed by atoms with van der Waals surface area (Å²) in [6, 6.07) is 5.31. The summed E-state index contributed by atoms with van der Waals surface area (Å²) < 4.78 is 0. The van der Waals surface area contributed by atoms with Crippen molar-refractivity contribution in [2.24, 2.45) is 0 Å². The second-order valence-electron chi connectivity index (χ2n) is 4.37. The molecule has 0 spiro atoms. The van der Waals surface area contributed by atoms with E-state index in [-0.39, 0.29) is 18.9 Å². The predicted octanol–water partition coefficient (Wildman–Crippen LogP) is 3.26. The third-order valence-electron chi connectivity index (χ3n) is 2.78. The number of rotatable bonds is 6. The van der Waals surface area contributed by atoms with E-state index in [1.165, 1.54) is 4.90 Å². The number of hydrogen-bond acceptors (Lipinski definition) is 2. The number of carboxylic acid groups (broad SMARTS) is 1. The average Bonchev–Trinajstić information content (AvgIpc) is 2.33. The van der Waals surface area contributed by atoms with Crippen LogP contribution in [0.25, 0.3) is 0 Å². The Hall–Kier alpha value is -1.55. The van der Waals surface area contributed by atoms with Gasteiger partial charge in [-0.1, -0.05) is 24.6 Å². The van der Waals surface area contributed by atoms with E-state index in [1.54, 1.807) is 12.1 Å². The van der Waals surface area contributed by atoms with Gasteiger partial charge in [0.25, 0.3) is 0 Å². The third kappa shape index (κ3) is 4.56. The average molecular weight is 284 g/mol. The summed E-state index contributed by atoms with van der Waals surface area (Å²) >= 11 is 6.05. The van der Waals surface area contributed by atoms with Crippen LogP contribution >= 0.6 is 11.6 Å². The Morgan fingerprint density at radius 3 is 2.53 bits per heavy atom. The summed E-state index contributed by atoms with van der Waals surface area (Å²) in [7, 11) is 0. The number of benzene rings is 1. The second kappa shape index (κ2) is 7.14. The maximum atomic E-state index is 12.0. The zero-order valence-electron chi connectivity index (χ0n) is 11.1. The van der Waals surface area contributed by atoms with Crippen molar-refractivity contribution < 1.29 is 14.7 Å². The van der Waals surface area contributed by atoms with Crippen molar-refractivity contribution in [2.45, 2.75) is 33.1 Å². The van der Waals surface area contributed by atoms with Gasteiger partial charge >= 0.3 is 5.97 Å². The van der Waals surface area contributed by atoms with Crippen LogP contribution in [0.2, 0.25) is 5.02 Å². The highest BCUT2D eigenvalue weighted by Crippen LogP contribution is 2.24. The maximum Gasteiger partial charge on any atom is 0.305 e. The lowest BCUT2D eigenvalue weighted by Crippen LogP contribution is -2.32. The number of amides is 1. The molecule has 0 aromatic heterocycles. The smallest absolute Gasteiger partial charge is 0.305 e. The van der Waals surface area contributed by atoms with Crippen LogP contribution in [0.1, 0.15) is 31.7 Å². The van der Waals surface area contributed by atoms with Crippen molar-refractivity contribution >= 4 is 29.2 Å². The minimum absolute atomic E-state index is 0.0799. The predicted molar refractivity (Wildman–Crippen MR) is 75.7 cm³/mol. The van der Waals surface area contributed by atoms with E-state index in [0.717, 1.165) is 12.0 Å². The summed E-state index contributed by atoms with van der Waals surface area (Å²) in [4.78, 5) is 24.2. The fourth-order valence-electron chi connectivity index (χ4n) is 1.70. The molecular weight excluding hydrogens is 266 g/mol. The van der Waals surface area contributed by atoms with Crippen molar-refractivity contribution in [1.82, 2.24) is 0 Å². The maximum absolute atomic E-state index is 12.0. The SMILES string of the molecule is CCCC(=O)N(CCC(=O)O)c1ccc(C)c(Cl)c1. The summed E-state index contributed by atoms with van der Waals surface area (Å²) in [5.41, 5.74) is 1.57. The van der Waals surface area contributed by atoms with Gasteiger partial charge in [0.1, 0.15) is 0 Å². The minimum atomic E-state index is -0.924. The molecule has 0 heterocycles. The summed E-state index contributed by atoms with van der Waals surface area (Å²) in [5.74, 6) is -1.00. The number of nitrogens with zero attached hydrogens (tertiary/aromatic N) is 1. The molecule has 1 N–H and O–H groups in total. The van der Waals surface area contributed by atoms with Crippen LogP contribution in [0.5, 0.6) is 0 Å². The molecule has 0 atom stereocenters. The topological polar surface area (TPSA) is 57.6 Å². The van der Waals surface area contributed by atoms with E-state index < -0.39 is 5.97 Å². The van der Waals surface area contributed by atoms with Gasteiger partial charge < -0.3 is 10.0 Å². The van der Waals surface area contributed by atoms with E-state index in [0.29, 0.717) is 17.1 Å². The molecule has 5 heteroatoms. The first-order chi connectivity index (χ1) is 8.95. The normalized spacial score (nSPS) is 10.3. The molecule has 1 amide bonds. The molecule has 0 radical (unpaired) electrons. The fraction of sp³-hybridized carbons (Fsp3) is 0.429. The van der Waals surface area contributed by atoms with Crippen LogP contribution in [0.4, 0.5) is 5.69 Å². The van der Waals surface area contributed by atoms with Crippen molar-refractivity contribution in [1.29, 1.82) is 0 Å². The van der Waals surface area contributed by atoms with E-state index in [2.05, 4.69) is 0 Å². The van der Waals surface area contributed by atoms with Gasteiger partial charge in [-0.05, 0) is 31.0 Å². The molecule has 0 bridgehead atoms. The molecule has 104 valence electrons. The van der Waals surface area contributed by atoms with Crippen molar-refractivity contribution in [3.63, 3.8) is 0 Å². The lowest BCUT2D eigenvalue weighted by atomic mass is 10.2. The zero-order valence-corrected chi connectivity index (χ0v) is 11.9. The van der Waals surface area contributed by atoms with Crippen LogP contribution in [0.3, 0.4) is 0 Å². The lowest BCUT2D eigenvalue weighted by molar-refractivity contribution is -0.136. The summed E-state index contributed by atoms with van der Waals surface area (Å²) in [5, 5.41) is 9.33. The van der Waals surface area contributed by atoms with E-state index >= 15 is 0 Å². The Labute approximate surface area is 118 Å². The Morgan fingerprint density at radius 1 is 1.32 bits per heavy atom. The number of carboxylic acids is 1. The number of hydrogen-bond donors (Lipinski definition) is 1. The fourth-order valence-corrected chi connectivity index (χ4v) is 1.88. The summed E-state index contributed by atoms with van der Waals surface area (Å²) in [6.07, 6.45) is 1.04. The molecule has 19 heavy (non-hydrogen) atoms. The van der Waals surface area contributed by atoms with Gasteiger partial charge in [-0.3, -0.25) is 9.59 Å². The van der Waals surface area contributed by atoms with Crippen molar-refractivity contribution in [3.05, 3.63) is 28.8 Å². The van der Waals surface area contributed by atoms with Gasteiger partial charge in [0, 0.05) is 23.7 Å². The Kier molecular flexibility index (Phi) is 5.83. The molecule has 1 rings (SSSR count). The highest BCUT2D eigenvalue weighted by molar-refractivity contribution is 6.31. The molecule has 0 aliphatic heterocycles. The van der Waals surface area contributed by atoms with Crippen LogP contribution in [0, 0.1) is 6.92 Å². The molecule has 0 fully saturated rings. The van der Waals surface area contributed by atoms with Gasteiger partial charge in [-0.15, -0.1) is 0 Å². The highest BCUT2D eigenvalue weighted by atomic mass is 35.5. The van der Waals surface area contributed by atoms with E-state index in [4.69, 9.17) is 16.7 Å². The monoisotopic (exact) mass is 283 g/mol. The Morgan fingerprint density at radius 2 is 2.00 bits per heavy atom. The number of carbonyl (C=O) groups excluding carboxylic acids is 1. The van der Waals surface area contributed by atoms with Crippen LogP contribution in [-0.2, 0) is 9.59 Å². The van der Waals surface area contributed by atoms with Crippen LogP contribution in [-0.4, -0.2) is 23.5 Å². The number of carbonyl (C=O) groups is 2. The van der Waals surface area contributed by atoms with Crippen molar-refractivity contribution in [2.75, 3.05) is 11.4 Å². The van der Waals surface area contributed by atoms with Gasteiger partial charge in [0.2, 0.25) is 5.91 Å². The number of aliphatic carboxylic acids is 1. The quantitative estimate of drug-likeness (QED) is 0.872. The lowest BCUT2D eigenvalue weighted by Gasteiger charge is -2.22. The first-order valence-electron chi connectivity index (χ1n) is 6.24. The number of anilines is 1. The first kappa shape index (κ1) is 15.5. The molecule has 0 aliphatic carbocycles. The standard InChI is InChI=1S/C14H18ClNO3/c1-3-4-13(17)16(8-7-14(18)19)11-6-5-10(2)12(15)9-11/h5-6,9H,3-4,7-8H2,1-2H3,(H,18,19). The molecular formula is C14H18ClNO3. The minimum Gasteiger partial charge on any atom is -0.481 e. The second-order valence-corrected chi connectivity index (χ2v) is 4.78. The summed E-state index contributed by atoms with van der Waals surface area (Å²) in [6.45, 7) is 3.95. The Bertz CT molecular complexity index is 474. The van der Waals surface area contributed by atoms with Crippen LogP contribution < -0.4 is 4.90 Å². The highest BCUT2D eigenvalue weighted by Gasteiger charge is 2.16. The molecule has 0 saturated carbocycles. The Balaban J connectivity index is 2.96. The van der Waals surface area contributed by atoms with Gasteiger partial charge in [-0.25, -0.2) is 0 Å². The third-order valence-corrected chi connectivity index (χ3v) is 3.19. The largest absolute Gasteiger partial charge is 0.481 e. The molecule has 0 unspecified atom stereocenters. The zero-order chi connectivity index (χ0) is 14.4. The van der Waals surface area contributed by atoms with Crippen molar-refractivity contribution in [3.8, 4) is 0 Å². The van der Waals surface area contributed by atoms with Gasteiger partial charge in [0.15, 0.2) is 0 Å². The molecule has 0 aliphatic rings. The first-order valence-corrected chi connectivity index (χ1v) is 6.61. The molecule has 0 saturated heterocycles. The molecule has 1 aromatic rings.